The van der Waals surface area contributed by atoms with Gasteiger partial charge >= 0.3 is 0 Å². The molecule has 0 spiro atoms. The molecule has 0 aliphatic carbocycles. The van der Waals surface area contributed by atoms with Crippen molar-refractivity contribution in [3.8, 4) is 0 Å². The first-order valence-electron chi connectivity index (χ1n) is 8.76. The van der Waals surface area contributed by atoms with E-state index in [1.54, 1.807) is 0 Å². The van der Waals surface area contributed by atoms with E-state index in [1.807, 2.05) is 43.9 Å². The zero-order valence-corrected chi connectivity index (χ0v) is 20.8. The molecule has 0 aromatic heterocycles. The van der Waals surface area contributed by atoms with Gasteiger partial charge in [0.2, 0.25) is 8.32 Å². The van der Waals surface area contributed by atoms with Crippen LogP contribution >= 0.6 is 11.6 Å². The third-order valence-electron chi connectivity index (χ3n) is 3.58. The van der Waals surface area contributed by atoms with E-state index in [4.69, 9.17) is 20.5 Å². The Bertz CT molecular complexity index is 584. The van der Waals surface area contributed by atoms with Crippen LogP contribution in [0.15, 0.2) is 24.3 Å². The molecule has 3 nitrogen and oxygen atoms in total. The van der Waals surface area contributed by atoms with Gasteiger partial charge in [-0.15, -0.1) is 0 Å². The fourth-order valence-corrected chi connectivity index (χ4v) is 6.74. The van der Waals surface area contributed by atoms with Crippen LogP contribution in [0.3, 0.4) is 0 Å². The van der Waals surface area contributed by atoms with Gasteiger partial charge in [0.05, 0.1) is 19.7 Å². The lowest BCUT2D eigenvalue weighted by Crippen LogP contribution is -2.45. The molecule has 1 rings (SSSR count). The molecule has 0 radical (unpaired) electrons. The highest BCUT2D eigenvalue weighted by atomic mass is 35.5. The van der Waals surface area contributed by atoms with Crippen LogP contribution in [-0.2, 0) is 13.6 Å². The van der Waals surface area contributed by atoms with Crippen LogP contribution in [0, 0.1) is 0 Å². The van der Waals surface area contributed by atoms with E-state index >= 15 is 0 Å². The maximum Gasteiger partial charge on any atom is 0.295 e. The second-order valence-electron chi connectivity index (χ2n) is 9.58. The number of hydrogen-bond acceptors (Lipinski definition) is 3. The molecule has 0 aliphatic heterocycles. The second-order valence-corrected chi connectivity index (χ2v) is 24.3. The molecule has 0 unspecified atom stereocenters. The summed E-state index contributed by atoms with van der Waals surface area (Å²) < 4.78 is 12.4. The summed E-state index contributed by atoms with van der Waals surface area (Å²) in [5.74, 6) is -0.100. The highest BCUT2D eigenvalue weighted by molar-refractivity contribution is 6.81. The van der Waals surface area contributed by atoms with Crippen molar-refractivity contribution in [3.63, 3.8) is 0 Å². The maximum absolute atomic E-state index is 13.1. The number of rotatable bonds is 7. The van der Waals surface area contributed by atoms with E-state index in [0.29, 0.717) is 5.02 Å². The molecule has 0 aliphatic rings. The van der Waals surface area contributed by atoms with Crippen molar-refractivity contribution in [1.29, 1.82) is 0 Å². The van der Waals surface area contributed by atoms with Crippen LogP contribution < -0.4 is 0 Å². The van der Waals surface area contributed by atoms with Gasteiger partial charge in [0, 0.05) is 5.02 Å². The van der Waals surface area contributed by atoms with Crippen molar-refractivity contribution in [2.75, 3.05) is 0 Å². The number of carbonyl (C=O) groups excluding carboxylic acids is 1. The minimum absolute atomic E-state index is 0.100. The van der Waals surface area contributed by atoms with Gasteiger partial charge in [-0.25, -0.2) is 0 Å². The second kappa shape index (κ2) is 8.08. The topological polar surface area (TPSA) is 35.5 Å². The zero-order chi connectivity index (χ0) is 19.6. The molecular weight excluding hydrogens is 384 g/mol. The van der Waals surface area contributed by atoms with Crippen molar-refractivity contribution in [1.82, 2.24) is 0 Å². The molecule has 0 bridgehead atoms. The van der Waals surface area contributed by atoms with Crippen molar-refractivity contribution in [3.05, 3.63) is 34.9 Å². The summed E-state index contributed by atoms with van der Waals surface area (Å²) in [6, 6.07) is 7.68. The summed E-state index contributed by atoms with van der Waals surface area (Å²) in [6.45, 7) is 19.2. The molecule has 2 atom stereocenters. The van der Waals surface area contributed by atoms with Crippen LogP contribution in [0.1, 0.15) is 11.7 Å². The van der Waals surface area contributed by atoms with Crippen LogP contribution in [0.25, 0.3) is 0 Å². The smallest absolute Gasteiger partial charge is 0.295 e. The van der Waals surface area contributed by atoms with Crippen molar-refractivity contribution < 1.29 is 13.6 Å². The Kier molecular flexibility index (Phi) is 7.32. The van der Waals surface area contributed by atoms with Crippen molar-refractivity contribution in [2.45, 2.75) is 70.6 Å². The predicted molar refractivity (Wildman–Crippen MR) is 115 cm³/mol. The Morgan fingerprint density at radius 2 is 1.36 bits per heavy atom. The number of carbonyl (C=O) groups is 1. The van der Waals surface area contributed by atoms with Crippen molar-refractivity contribution in [2.24, 2.45) is 0 Å². The number of hydrogen-bond donors (Lipinski definition) is 0. The summed E-state index contributed by atoms with van der Waals surface area (Å²) in [5, 5.41) is 0.685. The van der Waals surface area contributed by atoms with Gasteiger partial charge in [-0.3, -0.25) is 4.79 Å². The molecule has 1 aromatic rings. The molecule has 0 saturated carbocycles. The first-order valence-corrected chi connectivity index (χ1v) is 19.5. The van der Waals surface area contributed by atoms with E-state index in [9.17, 15) is 4.79 Å². The molecule has 7 heteroatoms. The largest absolute Gasteiger partial charge is 0.520 e. The normalized spacial score (nSPS) is 15.6. The van der Waals surface area contributed by atoms with E-state index in [0.717, 1.165) is 5.56 Å². The quantitative estimate of drug-likeness (QED) is 0.487. The summed E-state index contributed by atoms with van der Waals surface area (Å²) in [7, 11) is -5.74. The minimum Gasteiger partial charge on any atom is -0.520 e. The zero-order valence-electron chi connectivity index (χ0n) is 17.1. The summed E-state index contributed by atoms with van der Waals surface area (Å²) >= 11 is 6.06. The van der Waals surface area contributed by atoms with Gasteiger partial charge < -0.3 is 8.85 Å². The van der Waals surface area contributed by atoms with Crippen molar-refractivity contribution >= 4 is 42.3 Å². The molecule has 142 valence electrons. The van der Waals surface area contributed by atoms with Crippen LogP contribution in [0.5, 0.6) is 0 Å². The third-order valence-corrected chi connectivity index (χ3v) is 8.01. The monoisotopic (exact) mass is 416 g/mol. The average Bonchev–Trinajstić information content (AvgIpc) is 2.33. The fourth-order valence-electron chi connectivity index (χ4n) is 2.66. The minimum atomic E-state index is -1.97. The van der Waals surface area contributed by atoms with Gasteiger partial charge in [-0.2, -0.15) is 0 Å². The number of benzene rings is 1. The average molecular weight is 417 g/mol. The van der Waals surface area contributed by atoms with E-state index < -0.39 is 24.7 Å². The van der Waals surface area contributed by atoms with Crippen LogP contribution in [-0.4, -0.2) is 30.7 Å². The maximum atomic E-state index is 13.1. The Labute approximate surface area is 161 Å². The van der Waals surface area contributed by atoms with E-state index in [-0.39, 0.29) is 17.6 Å². The van der Waals surface area contributed by atoms with Gasteiger partial charge in [-0.05, 0) is 57.0 Å². The Morgan fingerprint density at radius 1 is 0.880 bits per heavy atom. The lowest BCUT2D eigenvalue weighted by Gasteiger charge is -2.39. The van der Waals surface area contributed by atoms with Gasteiger partial charge in [0.25, 0.3) is 5.97 Å². The highest BCUT2D eigenvalue weighted by Gasteiger charge is 2.44. The fraction of sp³-hybridized carbons (Fsp3) is 0.611. The Morgan fingerprint density at radius 3 is 1.72 bits per heavy atom. The molecule has 0 N–H and O–H groups in total. The molecule has 0 fully saturated rings. The van der Waals surface area contributed by atoms with Crippen LogP contribution in [0.2, 0.25) is 69.5 Å². The van der Waals surface area contributed by atoms with E-state index in [2.05, 4.69) is 39.3 Å². The standard InChI is InChI=1S/C18H33ClO3Si3/c1-23(2,3)17(18(20)22-25(7,8)9)16(21-24(4,5)6)14-10-12-15(19)13-11-14/h10-13,16-17H,1-9H3/t16-,17+/m1/s1. The van der Waals surface area contributed by atoms with Gasteiger partial charge in [0.1, 0.15) is 0 Å². The summed E-state index contributed by atoms with van der Waals surface area (Å²) in [6.07, 6.45) is -0.278. The van der Waals surface area contributed by atoms with Crippen LogP contribution in [0.4, 0.5) is 0 Å². The molecule has 1 aromatic carbocycles. The summed E-state index contributed by atoms with van der Waals surface area (Å²) in [4.78, 5) is 13.1. The lowest BCUT2D eigenvalue weighted by molar-refractivity contribution is -0.137. The molecule has 0 heterocycles. The van der Waals surface area contributed by atoms with Gasteiger partial charge in [0.15, 0.2) is 8.32 Å². The molecular formula is C18H33ClO3Si3. The Hall–Kier alpha value is -0.409. The summed E-state index contributed by atoms with van der Waals surface area (Å²) in [5.41, 5.74) is 0.763. The highest BCUT2D eigenvalue weighted by Crippen LogP contribution is 2.41. The molecule has 0 saturated heterocycles. The predicted octanol–water partition coefficient (Wildman–Crippen LogP) is 6.32. The molecule has 0 amide bonds. The number of halogens is 1. The van der Waals surface area contributed by atoms with Gasteiger partial charge in [-0.1, -0.05) is 43.4 Å². The van der Waals surface area contributed by atoms with E-state index in [1.165, 1.54) is 0 Å². The molecule has 25 heavy (non-hydrogen) atoms. The SMILES string of the molecule is C[Si](C)(C)OC(=O)[C@H]([C@H](O[Si](C)(C)C)c1ccc(Cl)cc1)[Si](C)(C)C. The first-order chi connectivity index (χ1) is 11.1. The third kappa shape index (κ3) is 7.78. The Balaban J connectivity index is 3.37. The first kappa shape index (κ1) is 22.6. The lowest BCUT2D eigenvalue weighted by atomic mass is 10.1.